The number of nitrogens with zero attached hydrogens (tertiary/aromatic N) is 1. The number of nitrogens with two attached hydrogens (primary N) is 2. The van der Waals surface area contributed by atoms with E-state index in [1.54, 1.807) is 0 Å². The first kappa shape index (κ1) is 24.6. The number of hydrogen-bond acceptors (Lipinski definition) is 2. The van der Waals surface area contributed by atoms with Crippen LogP contribution < -0.4 is 27.4 Å². The van der Waals surface area contributed by atoms with E-state index in [1.165, 1.54) is 15.9 Å². The topological polar surface area (TPSA) is 93.0 Å². The third kappa shape index (κ3) is 5.87. The molecule has 0 aliphatic rings. The fourth-order valence-electron chi connectivity index (χ4n) is 4.40. The van der Waals surface area contributed by atoms with Crippen molar-refractivity contribution in [2.45, 2.75) is 19.3 Å². The molecule has 0 saturated carbocycles. The van der Waals surface area contributed by atoms with Gasteiger partial charge in [-0.1, -0.05) is 54.6 Å². The monoisotopic (exact) mass is 462 g/mol. The summed E-state index contributed by atoms with van der Waals surface area (Å²) < 4.78 is 0.246. The highest BCUT2D eigenvalue weighted by atomic mass is 31.2. The van der Waals surface area contributed by atoms with Crippen molar-refractivity contribution >= 4 is 35.0 Å². The number of unbranched alkanes of at least 4 members (excludes halogenated alkanes) is 1. The maximum atomic E-state index is 11.3. The summed E-state index contributed by atoms with van der Waals surface area (Å²) in [6.45, 7) is 1.17. The molecule has 1 amide bonds. The second-order valence-corrected chi connectivity index (χ2v) is 12.3. The molecule has 0 fully saturated rings. The molecule has 5 nitrogen and oxygen atoms in total. The number of carbonyl (C=O) groups is 1. The van der Waals surface area contributed by atoms with E-state index in [9.17, 15) is 4.79 Å². The van der Waals surface area contributed by atoms with E-state index in [-0.39, 0.29) is 22.8 Å². The van der Waals surface area contributed by atoms with E-state index in [2.05, 4.69) is 91.0 Å². The highest BCUT2D eigenvalue weighted by molar-refractivity contribution is 7.95. The molecule has 0 aromatic heterocycles. The van der Waals surface area contributed by atoms with Crippen LogP contribution in [0.2, 0.25) is 0 Å². The smallest absolute Gasteiger partial charge is 0.291 e. The van der Waals surface area contributed by atoms with E-state index in [1.807, 2.05) is 7.05 Å². The Hall–Kier alpha value is -3.01. The number of primary amides is 1. The number of amides is 1. The third-order valence-electron chi connectivity index (χ3n) is 6.42. The molecule has 5 N–H and O–H groups in total. The Kier molecular flexibility index (Phi) is 8.37. The van der Waals surface area contributed by atoms with Crippen molar-refractivity contribution in [1.29, 1.82) is 5.41 Å². The molecular weight excluding hydrogens is 427 g/mol. The van der Waals surface area contributed by atoms with Gasteiger partial charge in [-0.05, 0) is 42.8 Å². The molecule has 0 aliphatic carbocycles. The Morgan fingerprint density at radius 1 is 0.758 bits per heavy atom. The van der Waals surface area contributed by atoms with Crippen molar-refractivity contribution in [1.82, 2.24) is 0 Å². The van der Waals surface area contributed by atoms with Crippen LogP contribution in [0.4, 0.5) is 0 Å². The minimum atomic E-state index is -1.86. The Morgan fingerprint density at radius 3 is 1.55 bits per heavy atom. The average Bonchev–Trinajstić information content (AvgIpc) is 2.84. The normalized spacial score (nSPS) is 13.2. The molecule has 1 unspecified atom stereocenters. The molecule has 0 radical (unpaired) electrons. The van der Waals surface area contributed by atoms with Crippen LogP contribution in [-0.4, -0.2) is 42.6 Å². The maximum Gasteiger partial charge on any atom is 0.291 e. The molecule has 0 aliphatic heterocycles. The Balaban J connectivity index is 1.91. The average molecular weight is 463 g/mol. The van der Waals surface area contributed by atoms with E-state index in [0.29, 0.717) is 13.1 Å². The predicted molar refractivity (Wildman–Crippen MR) is 141 cm³/mol. The van der Waals surface area contributed by atoms with Crippen LogP contribution in [-0.2, 0) is 4.79 Å². The highest BCUT2D eigenvalue weighted by Crippen LogP contribution is 2.55. The summed E-state index contributed by atoms with van der Waals surface area (Å²) in [5, 5.41) is 12.2. The van der Waals surface area contributed by atoms with Gasteiger partial charge in [-0.3, -0.25) is 9.28 Å². The van der Waals surface area contributed by atoms with Gasteiger partial charge in [0.2, 0.25) is 5.91 Å². The lowest BCUT2D eigenvalue weighted by molar-refractivity contribution is -0.822. The van der Waals surface area contributed by atoms with Crippen molar-refractivity contribution in [3.63, 3.8) is 0 Å². The lowest BCUT2D eigenvalue weighted by Gasteiger charge is -2.32. The molecule has 0 heterocycles. The summed E-state index contributed by atoms with van der Waals surface area (Å²) in [5.74, 6) is -0.283. The second-order valence-electron chi connectivity index (χ2n) is 8.69. The molecule has 3 rings (SSSR count). The van der Waals surface area contributed by atoms with Gasteiger partial charge in [-0.2, -0.15) is 0 Å². The third-order valence-corrected chi connectivity index (χ3v) is 10.9. The van der Waals surface area contributed by atoms with Gasteiger partial charge >= 0.3 is 0 Å². The minimum Gasteiger partial charge on any atom is -0.369 e. The van der Waals surface area contributed by atoms with Crippen LogP contribution in [0, 0.1) is 5.41 Å². The molecule has 3 aromatic carbocycles. The van der Waals surface area contributed by atoms with Gasteiger partial charge in [0, 0.05) is 6.42 Å². The van der Waals surface area contributed by atoms with Gasteiger partial charge in [0.15, 0.2) is 0 Å². The molecule has 1 atom stereocenters. The van der Waals surface area contributed by atoms with Crippen LogP contribution >= 0.6 is 7.26 Å². The maximum absolute atomic E-state index is 11.3. The summed E-state index contributed by atoms with van der Waals surface area (Å²) >= 11 is 0. The molecule has 6 heteroatoms. The number of benzene rings is 3. The second kappa shape index (κ2) is 11.2. The first-order valence-corrected chi connectivity index (χ1v) is 13.4. The summed E-state index contributed by atoms with van der Waals surface area (Å²) in [5.41, 5.74) is 11.3. The number of hydrogen-bond donors (Lipinski definition) is 3. The SMILES string of the molecule is C[N+](CCCC[P+](c1ccccc1)(c1ccccc1)c1ccccc1)(CCC(N)=O)C(=N)N. The van der Waals surface area contributed by atoms with Gasteiger partial charge < -0.3 is 11.5 Å². The quantitative estimate of drug-likeness (QED) is 0.134. The van der Waals surface area contributed by atoms with E-state index >= 15 is 0 Å². The first-order valence-electron chi connectivity index (χ1n) is 11.4. The highest BCUT2D eigenvalue weighted by Gasteiger charge is 2.44. The zero-order valence-corrected chi connectivity index (χ0v) is 20.3. The van der Waals surface area contributed by atoms with Gasteiger partial charge in [0.05, 0.1) is 32.7 Å². The van der Waals surface area contributed by atoms with Crippen LogP contribution in [0.5, 0.6) is 0 Å². The molecule has 3 aromatic rings. The number of carbonyl (C=O) groups excluding carboxylic acids is 1. The lowest BCUT2D eigenvalue weighted by atomic mass is 10.2. The summed E-state index contributed by atoms with van der Waals surface area (Å²) in [6.07, 6.45) is 3.15. The number of quaternary nitrogens is 1. The van der Waals surface area contributed by atoms with Crippen molar-refractivity contribution in [2.75, 3.05) is 26.3 Å². The predicted octanol–water partition coefficient (Wildman–Crippen LogP) is 2.98. The van der Waals surface area contributed by atoms with E-state index in [4.69, 9.17) is 16.9 Å². The number of rotatable bonds is 11. The Labute approximate surface area is 197 Å². The number of nitrogens with one attached hydrogen (secondary N) is 1. The standard InChI is InChI=1S/C27H34N4OP/c1-31(27(29)30,21-19-26(28)32)20-11-12-22-33(23-13-5-2-6-14-23,24-15-7-3-8-16-24)25-17-9-4-10-18-25/h2-10,13-18H,11-12,19-22H2,1H3,(H4-,28,29,30,32)/q+1/p+1. The zero-order chi connectivity index (χ0) is 23.7. The van der Waals surface area contributed by atoms with Crippen LogP contribution in [0.25, 0.3) is 0 Å². The van der Waals surface area contributed by atoms with Crippen molar-refractivity contribution in [3.05, 3.63) is 91.0 Å². The van der Waals surface area contributed by atoms with Crippen LogP contribution in [0.15, 0.2) is 91.0 Å². The summed E-state index contributed by atoms with van der Waals surface area (Å²) in [7, 11) is 0.0599. The van der Waals surface area contributed by atoms with Gasteiger partial charge in [0.25, 0.3) is 5.96 Å². The van der Waals surface area contributed by atoms with Crippen LogP contribution in [0.1, 0.15) is 19.3 Å². The molecule has 33 heavy (non-hydrogen) atoms. The van der Waals surface area contributed by atoms with Crippen molar-refractivity contribution in [2.24, 2.45) is 11.5 Å². The molecule has 0 bridgehead atoms. The number of guanidine groups is 1. The van der Waals surface area contributed by atoms with E-state index < -0.39 is 7.26 Å². The van der Waals surface area contributed by atoms with Gasteiger partial charge in [-0.25, -0.2) is 5.41 Å². The lowest BCUT2D eigenvalue weighted by Crippen LogP contribution is -2.54. The molecule has 172 valence electrons. The largest absolute Gasteiger partial charge is 0.369 e. The Bertz CT molecular complexity index is 947. The molecule has 0 spiro atoms. The molecule has 0 saturated heterocycles. The fraction of sp³-hybridized carbons (Fsp3) is 0.259. The van der Waals surface area contributed by atoms with E-state index in [0.717, 1.165) is 19.0 Å². The molecular formula is C27H35N4OP+2. The summed E-state index contributed by atoms with van der Waals surface area (Å²) in [6, 6.07) is 32.5. The minimum absolute atomic E-state index is 0.0755. The van der Waals surface area contributed by atoms with Crippen LogP contribution in [0.3, 0.4) is 0 Å². The van der Waals surface area contributed by atoms with Crippen molar-refractivity contribution < 1.29 is 9.28 Å². The van der Waals surface area contributed by atoms with Gasteiger partial charge in [-0.15, -0.1) is 0 Å². The summed E-state index contributed by atoms with van der Waals surface area (Å²) in [4.78, 5) is 11.3. The fourth-order valence-corrected chi connectivity index (χ4v) is 8.81. The van der Waals surface area contributed by atoms with Crippen molar-refractivity contribution in [3.8, 4) is 0 Å². The first-order chi connectivity index (χ1) is 15.9. The zero-order valence-electron chi connectivity index (χ0n) is 19.4. The van der Waals surface area contributed by atoms with Gasteiger partial charge in [0.1, 0.15) is 23.2 Å². The Morgan fingerprint density at radius 2 is 1.18 bits per heavy atom.